The molecule has 8 nitrogen and oxygen atoms in total. The van der Waals surface area contributed by atoms with Crippen LogP contribution in [0.25, 0.3) is 0 Å². The van der Waals surface area contributed by atoms with Gasteiger partial charge in [-0.05, 0) is 25.0 Å². The fraction of sp³-hybridized carbons (Fsp3) is 0.476. The Kier molecular flexibility index (Phi) is 8.76. The molecule has 0 radical (unpaired) electrons. The fourth-order valence-corrected chi connectivity index (χ4v) is 4.18. The third kappa shape index (κ3) is 6.09. The van der Waals surface area contributed by atoms with E-state index in [9.17, 15) is 9.59 Å². The van der Waals surface area contributed by atoms with Crippen molar-refractivity contribution in [2.45, 2.75) is 18.9 Å². The van der Waals surface area contributed by atoms with Crippen LogP contribution in [0.5, 0.6) is 5.75 Å². The summed E-state index contributed by atoms with van der Waals surface area (Å²) in [6, 6.07) is 7.01. The van der Waals surface area contributed by atoms with Crippen molar-refractivity contribution < 1.29 is 23.8 Å². The largest absolute Gasteiger partial charge is 0.491 e. The van der Waals surface area contributed by atoms with E-state index in [-0.39, 0.29) is 11.8 Å². The molecule has 2 heterocycles. The second-order valence-corrected chi connectivity index (χ2v) is 7.68. The first-order chi connectivity index (χ1) is 14.7. The highest BCUT2D eigenvalue weighted by Crippen LogP contribution is 2.32. The zero-order valence-electron chi connectivity index (χ0n) is 16.8. The second kappa shape index (κ2) is 11.8. The lowest BCUT2D eigenvalue weighted by Crippen LogP contribution is -2.21. The van der Waals surface area contributed by atoms with Crippen LogP contribution >= 0.6 is 11.3 Å². The smallest absolute Gasteiger partial charge is 0.212 e. The number of hydrogen-bond acceptors (Lipinski definition) is 8. The van der Waals surface area contributed by atoms with E-state index in [4.69, 9.17) is 19.9 Å². The summed E-state index contributed by atoms with van der Waals surface area (Å²) >= 11 is 1.42. The molecule has 0 aliphatic carbocycles. The molecule has 1 aromatic carbocycles. The van der Waals surface area contributed by atoms with Crippen LogP contribution in [-0.2, 0) is 14.3 Å². The third-order valence-electron chi connectivity index (χ3n) is 4.70. The van der Waals surface area contributed by atoms with Crippen LogP contribution in [0, 0.1) is 0 Å². The monoisotopic (exact) mass is 433 g/mol. The van der Waals surface area contributed by atoms with Gasteiger partial charge in [0, 0.05) is 24.0 Å². The van der Waals surface area contributed by atoms with Gasteiger partial charge in [-0.1, -0.05) is 12.1 Å². The van der Waals surface area contributed by atoms with Gasteiger partial charge in [-0.15, -0.1) is 11.3 Å². The highest BCUT2D eigenvalue weighted by atomic mass is 32.1. The number of aromatic nitrogens is 1. The van der Waals surface area contributed by atoms with E-state index in [1.807, 2.05) is 0 Å². The summed E-state index contributed by atoms with van der Waals surface area (Å²) in [5.74, 6) is 0.439. The minimum atomic E-state index is -0.160. The summed E-state index contributed by atoms with van der Waals surface area (Å²) in [6.07, 6.45) is 2.69. The topological polar surface area (TPSA) is 104 Å². The van der Waals surface area contributed by atoms with Crippen LogP contribution in [0.1, 0.15) is 39.9 Å². The number of benzene rings is 1. The molecule has 1 amide bonds. The molecule has 1 saturated heterocycles. The SMILES string of the molecule is NCCOCCOCCOc1cccc(C(=O)c2csc(C3CCCN3C=O)n2)c1. The summed E-state index contributed by atoms with van der Waals surface area (Å²) in [7, 11) is 0. The molecule has 1 aliphatic heterocycles. The molecule has 9 heteroatoms. The second-order valence-electron chi connectivity index (χ2n) is 6.79. The number of ketones is 1. The molecule has 2 aromatic rings. The molecule has 30 heavy (non-hydrogen) atoms. The van der Waals surface area contributed by atoms with E-state index in [1.54, 1.807) is 34.5 Å². The minimum Gasteiger partial charge on any atom is -0.491 e. The summed E-state index contributed by atoms with van der Waals surface area (Å²) in [5.41, 5.74) is 6.25. The molecule has 0 bridgehead atoms. The number of ether oxygens (including phenoxy) is 3. The Morgan fingerprint density at radius 2 is 2.03 bits per heavy atom. The average molecular weight is 434 g/mol. The van der Waals surface area contributed by atoms with E-state index in [2.05, 4.69) is 4.98 Å². The number of thiazole rings is 1. The highest BCUT2D eigenvalue weighted by molar-refractivity contribution is 7.10. The van der Waals surface area contributed by atoms with E-state index >= 15 is 0 Å². The lowest BCUT2D eigenvalue weighted by Gasteiger charge is -2.16. The van der Waals surface area contributed by atoms with Crippen molar-refractivity contribution in [3.05, 3.63) is 45.9 Å². The van der Waals surface area contributed by atoms with Gasteiger partial charge in [0.15, 0.2) is 0 Å². The zero-order valence-corrected chi connectivity index (χ0v) is 17.6. The number of rotatable bonds is 13. The highest BCUT2D eigenvalue weighted by Gasteiger charge is 2.28. The van der Waals surface area contributed by atoms with Gasteiger partial charge < -0.3 is 24.8 Å². The molecule has 162 valence electrons. The Morgan fingerprint density at radius 1 is 1.23 bits per heavy atom. The van der Waals surface area contributed by atoms with Gasteiger partial charge in [-0.25, -0.2) is 4.98 Å². The van der Waals surface area contributed by atoms with Gasteiger partial charge >= 0.3 is 0 Å². The van der Waals surface area contributed by atoms with Gasteiger partial charge in [0.05, 0.1) is 32.5 Å². The molecule has 1 unspecified atom stereocenters. The van der Waals surface area contributed by atoms with E-state index in [1.165, 1.54) is 11.3 Å². The van der Waals surface area contributed by atoms with Gasteiger partial charge in [0.2, 0.25) is 12.2 Å². The Bertz CT molecular complexity index is 828. The molecular formula is C21H27N3O5S. The maximum absolute atomic E-state index is 12.8. The van der Waals surface area contributed by atoms with Gasteiger partial charge in [0.25, 0.3) is 0 Å². The number of nitrogens with zero attached hydrogens (tertiary/aromatic N) is 2. The predicted molar refractivity (Wildman–Crippen MR) is 113 cm³/mol. The van der Waals surface area contributed by atoms with Crippen molar-refractivity contribution in [1.29, 1.82) is 0 Å². The fourth-order valence-electron chi connectivity index (χ4n) is 3.22. The molecule has 0 spiro atoms. The van der Waals surface area contributed by atoms with Gasteiger partial charge in [0.1, 0.15) is 23.1 Å². The molecule has 1 fully saturated rings. The van der Waals surface area contributed by atoms with Gasteiger partial charge in [-0.3, -0.25) is 9.59 Å². The van der Waals surface area contributed by atoms with Crippen LogP contribution < -0.4 is 10.5 Å². The lowest BCUT2D eigenvalue weighted by atomic mass is 10.1. The Hall–Kier alpha value is -2.33. The van der Waals surface area contributed by atoms with Crippen molar-refractivity contribution in [3.63, 3.8) is 0 Å². The number of hydrogen-bond donors (Lipinski definition) is 1. The summed E-state index contributed by atoms with van der Waals surface area (Å²) in [4.78, 5) is 30.3. The van der Waals surface area contributed by atoms with E-state index in [0.717, 1.165) is 30.8 Å². The van der Waals surface area contributed by atoms with Crippen LogP contribution in [0.4, 0.5) is 0 Å². The molecule has 2 N–H and O–H groups in total. The maximum atomic E-state index is 12.8. The predicted octanol–water partition coefficient (Wildman–Crippen LogP) is 2.04. The van der Waals surface area contributed by atoms with Crippen molar-refractivity contribution in [2.75, 3.05) is 46.1 Å². The van der Waals surface area contributed by atoms with Crippen molar-refractivity contribution >= 4 is 23.5 Å². The zero-order chi connectivity index (χ0) is 21.2. The number of carbonyl (C=O) groups excluding carboxylic acids is 2. The lowest BCUT2D eigenvalue weighted by molar-refractivity contribution is -0.118. The van der Waals surface area contributed by atoms with Crippen LogP contribution in [0.3, 0.4) is 0 Å². The Morgan fingerprint density at radius 3 is 2.83 bits per heavy atom. The summed E-state index contributed by atoms with van der Waals surface area (Å²) in [5, 5.41) is 2.57. The van der Waals surface area contributed by atoms with Crippen LogP contribution in [0.2, 0.25) is 0 Å². The molecule has 1 aliphatic rings. The standard InChI is InChI=1S/C21H27N3O5S/c22-6-8-27-9-10-28-11-12-29-17-4-1-3-16(13-17)20(26)18-14-30-21(23-18)19-5-2-7-24(19)15-25/h1,3-4,13-15,19H,2,5-12,22H2. The normalized spacial score (nSPS) is 16.0. The average Bonchev–Trinajstić information content (AvgIpc) is 3.44. The van der Waals surface area contributed by atoms with Crippen LogP contribution in [-0.4, -0.2) is 68.2 Å². The molecule has 1 atom stereocenters. The number of likely N-dealkylation sites (tertiary alicyclic amines) is 1. The molecular weight excluding hydrogens is 406 g/mol. The Labute approximate surface area is 179 Å². The molecule has 0 saturated carbocycles. The first kappa shape index (κ1) is 22.4. The quantitative estimate of drug-likeness (QED) is 0.293. The Balaban J connectivity index is 1.50. The molecule has 3 rings (SSSR count). The maximum Gasteiger partial charge on any atom is 0.212 e. The first-order valence-electron chi connectivity index (χ1n) is 10.0. The summed E-state index contributed by atoms with van der Waals surface area (Å²) in [6.45, 7) is 3.54. The number of carbonyl (C=O) groups is 2. The third-order valence-corrected chi connectivity index (χ3v) is 5.64. The number of amides is 1. The molecule has 1 aromatic heterocycles. The van der Waals surface area contributed by atoms with Crippen molar-refractivity contribution in [1.82, 2.24) is 9.88 Å². The minimum absolute atomic E-state index is 0.0237. The van der Waals surface area contributed by atoms with Crippen molar-refractivity contribution in [3.8, 4) is 5.75 Å². The van der Waals surface area contributed by atoms with Crippen molar-refractivity contribution in [2.24, 2.45) is 5.73 Å². The first-order valence-corrected chi connectivity index (χ1v) is 10.9. The van der Waals surface area contributed by atoms with E-state index < -0.39 is 0 Å². The van der Waals surface area contributed by atoms with E-state index in [0.29, 0.717) is 56.6 Å². The van der Waals surface area contributed by atoms with Gasteiger partial charge in [-0.2, -0.15) is 0 Å². The van der Waals surface area contributed by atoms with Crippen LogP contribution in [0.15, 0.2) is 29.6 Å². The number of nitrogens with two attached hydrogens (primary N) is 1. The summed E-state index contributed by atoms with van der Waals surface area (Å²) < 4.78 is 16.3.